The van der Waals surface area contributed by atoms with Crippen LogP contribution in [0.1, 0.15) is 15.9 Å². The van der Waals surface area contributed by atoms with Gasteiger partial charge in [0, 0.05) is 10.0 Å². The first-order chi connectivity index (χ1) is 11.1. The van der Waals surface area contributed by atoms with Crippen LogP contribution in [0.5, 0.6) is 0 Å². The molecule has 2 aromatic carbocycles. The van der Waals surface area contributed by atoms with Crippen molar-refractivity contribution in [2.75, 3.05) is 13.1 Å². The first kappa shape index (κ1) is 15.7. The third kappa shape index (κ3) is 3.97. The molecule has 0 saturated carbocycles. The number of ketones is 1. The first-order valence-corrected chi connectivity index (χ1v) is 8.02. The number of aromatic nitrogens is 1. The Balaban J connectivity index is 1.53. The predicted octanol–water partition coefficient (Wildman–Crippen LogP) is 2.90. The maximum atomic E-state index is 12.2. The molecular formula is C17H15BrN2O3. The van der Waals surface area contributed by atoms with E-state index in [1.807, 2.05) is 12.1 Å². The molecule has 0 radical (unpaired) electrons. The number of benzene rings is 2. The average Bonchev–Trinajstić information content (AvgIpc) is 2.92. The van der Waals surface area contributed by atoms with E-state index < -0.39 is 5.76 Å². The van der Waals surface area contributed by atoms with Gasteiger partial charge in [0.1, 0.15) is 0 Å². The second kappa shape index (κ2) is 6.93. The minimum absolute atomic E-state index is 0.0356. The minimum Gasteiger partial charge on any atom is -0.408 e. The molecule has 118 valence electrons. The molecule has 3 rings (SSSR count). The molecule has 1 aromatic heterocycles. The van der Waals surface area contributed by atoms with Crippen molar-refractivity contribution in [3.8, 4) is 0 Å². The standard InChI is InChI=1S/C17H15BrN2O3/c18-13-4-1-11(2-5-13)7-8-19-10-15(21)12-3-6-14-16(9-12)23-17(22)20-14/h1-6,9,19H,7-8,10H2,(H,20,22). The zero-order chi connectivity index (χ0) is 16.2. The molecule has 0 saturated heterocycles. The smallest absolute Gasteiger partial charge is 0.408 e. The molecule has 5 nitrogen and oxygen atoms in total. The molecule has 0 spiro atoms. The second-order valence-electron chi connectivity index (χ2n) is 5.20. The molecule has 0 aliphatic rings. The van der Waals surface area contributed by atoms with Crippen LogP contribution in [-0.4, -0.2) is 23.9 Å². The molecule has 0 bridgehead atoms. The van der Waals surface area contributed by atoms with Crippen molar-refractivity contribution in [3.05, 3.63) is 68.6 Å². The summed E-state index contributed by atoms with van der Waals surface area (Å²) < 4.78 is 6.02. The predicted molar refractivity (Wildman–Crippen MR) is 91.9 cm³/mol. The van der Waals surface area contributed by atoms with E-state index in [0.29, 0.717) is 16.7 Å². The van der Waals surface area contributed by atoms with E-state index in [0.717, 1.165) is 17.4 Å². The van der Waals surface area contributed by atoms with E-state index in [9.17, 15) is 9.59 Å². The van der Waals surface area contributed by atoms with Crippen LogP contribution in [0.15, 0.2) is 56.1 Å². The van der Waals surface area contributed by atoms with Gasteiger partial charge in [0.2, 0.25) is 0 Å². The maximum Gasteiger partial charge on any atom is 0.417 e. The van der Waals surface area contributed by atoms with E-state index in [4.69, 9.17) is 4.42 Å². The maximum absolute atomic E-state index is 12.2. The van der Waals surface area contributed by atoms with Gasteiger partial charge in [0.15, 0.2) is 11.4 Å². The Morgan fingerprint density at radius 2 is 1.96 bits per heavy atom. The lowest BCUT2D eigenvalue weighted by Crippen LogP contribution is -2.25. The summed E-state index contributed by atoms with van der Waals surface area (Å²) in [5.41, 5.74) is 2.73. The minimum atomic E-state index is -0.516. The lowest BCUT2D eigenvalue weighted by atomic mass is 10.1. The first-order valence-electron chi connectivity index (χ1n) is 7.23. The molecular weight excluding hydrogens is 360 g/mol. The summed E-state index contributed by atoms with van der Waals surface area (Å²) in [5, 5.41) is 3.14. The van der Waals surface area contributed by atoms with Crippen LogP contribution in [0.4, 0.5) is 0 Å². The lowest BCUT2D eigenvalue weighted by molar-refractivity contribution is 0.0991. The van der Waals surface area contributed by atoms with Crippen molar-refractivity contribution in [1.82, 2.24) is 10.3 Å². The molecule has 3 aromatic rings. The summed E-state index contributed by atoms with van der Waals surface area (Å²) >= 11 is 3.40. The van der Waals surface area contributed by atoms with Gasteiger partial charge in [-0.3, -0.25) is 9.78 Å². The lowest BCUT2D eigenvalue weighted by Gasteiger charge is -2.05. The van der Waals surface area contributed by atoms with Gasteiger partial charge in [-0.25, -0.2) is 4.79 Å². The van der Waals surface area contributed by atoms with E-state index in [-0.39, 0.29) is 12.3 Å². The van der Waals surface area contributed by atoms with E-state index in [1.165, 1.54) is 5.56 Å². The highest BCUT2D eigenvalue weighted by molar-refractivity contribution is 9.10. The zero-order valence-electron chi connectivity index (χ0n) is 12.3. The quantitative estimate of drug-likeness (QED) is 0.513. The molecule has 0 unspecified atom stereocenters. The number of rotatable bonds is 6. The SMILES string of the molecule is O=C(CNCCc1ccc(Br)cc1)c1ccc2[nH]c(=O)oc2c1. The summed E-state index contributed by atoms with van der Waals surface area (Å²) in [7, 11) is 0. The second-order valence-corrected chi connectivity index (χ2v) is 6.12. The van der Waals surface area contributed by atoms with Crippen molar-refractivity contribution >= 4 is 32.8 Å². The van der Waals surface area contributed by atoms with Crippen LogP contribution in [0.2, 0.25) is 0 Å². The number of carbonyl (C=O) groups excluding carboxylic acids is 1. The highest BCUT2D eigenvalue weighted by Crippen LogP contribution is 2.13. The van der Waals surface area contributed by atoms with Crippen LogP contribution >= 0.6 is 15.9 Å². The fraction of sp³-hybridized carbons (Fsp3) is 0.176. The Bertz CT molecular complexity index is 881. The van der Waals surface area contributed by atoms with Gasteiger partial charge in [-0.05, 0) is 48.9 Å². The topological polar surface area (TPSA) is 75.1 Å². The number of nitrogens with one attached hydrogen (secondary N) is 2. The summed E-state index contributed by atoms with van der Waals surface area (Å²) in [5.74, 6) is -0.552. The fourth-order valence-corrected chi connectivity index (χ4v) is 2.57. The molecule has 6 heteroatoms. The van der Waals surface area contributed by atoms with Crippen molar-refractivity contribution in [2.45, 2.75) is 6.42 Å². The molecule has 1 heterocycles. The number of halogens is 1. The van der Waals surface area contributed by atoms with Crippen LogP contribution in [0, 0.1) is 0 Å². The zero-order valence-corrected chi connectivity index (χ0v) is 13.9. The molecule has 0 fully saturated rings. The van der Waals surface area contributed by atoms with Gasteiger partial charge in [0.25, 0.3) is 0 Å². The fourth-order valence-electron chi connectivity index (χ4n) is 2.31. The van der Waals surface area contributed by atoms with Gasteiger partial charge in [-0.1, -0.05) is 28.1 Å². The van der Waals surface area contributed by atoms with Crippen LogP contribution in [0.3, 0.4) is 0 Å². The van der Waals surface area contributed by atoms with Gasteiger partial charge in [-0.15, -0.1) is 0 Å². The van der Waals surface area contributed by atoms with Crippen LogP contribution < -0.4 is 11.1 Å². The highest BCUT2D eigenvalue weighted by Gasteiger charge is 2.08. The number of hydrogen-bond donors (Lipinski definition) is 2. The Labute approximate surface area is 140 Å². The van der Waals surface area contributed by atoms with E-state index in [2.05, 4.69) is 38.4 Å². The Hall–Kier alpha value is -2.18. The van der Waals surface area contributed by atoms with Crippen LogP contribution in [-0.2, 0) is 6.42 Å². The number of fused-ring (bicyclic) bond motifs is 1. The number of oxazole rings is 1. The van der Waals surface area contributed by atoms with Gasteiger partial charge in [0.05, 0.1) is 12.1 Å². The third-order valence-electron chi connectivity index (χ3n) is 3.53. The van der Waals surface area contributed by atoms with Gasteiger partial charge >= 0.3 is 5.76 Å². The normalized spacial score (nSPS) is 11.0. The third-order valence-corrected chi connectivity index (χ3v) is 4.06. The van der Waals surface area contributed by atoms with Gasteiger partial charge < -0.3 is 9.73 Å². The Morgan fingerprint density at radius 3 is 2.74 bits per heavy atom. The molecule has 23 heavy (non-hydrogen) atoms. The highest BCUT2D eigenvalue weighted by atomic mass is 79.9. The van der Waals surface area contributed by atoms with Crippen molar-refractivity contribution in [1.29, 1.82) is 0 Å². The average molecular weight is 375 g/mol. The summed E-state index contributed by atoms with van der Waals surface area (Å²) in [6, 6.07) is 13.1. The van der Waals surface area contributed by atoms with Crippen molar-refractivity contribution in [3.63, 3.8) is 0 Å². The summed E-state index contributed by atoms with van der Waals surface area (Å²) in [6.07, 6.45) is 0.853. The number of aromatic amines is 1. The van der Waals surface area contributed by atoms with Crippen LogP contribution in [0.25, 0.3) is 11.1 Å². The number of H-pyrrole nitrogens is 1. The molecule has 0 atom stereocenters. The van der Waals surface area contributed by atoms with Crippen molar-refractivity contribution < 1.29 is 9.21 Å². The molecule has 0 amide bonds. The Morgan fingerprint density at radius 1 is 1.17 bits per heavy atom. The Kier molecular flexibility index (Phi) is 4.73. The summed E-state index contributed by atoms with van der Waals surface area (Å²) in [6.45, 7) is 0.964. The number of carbonyl (C=O) groups is 1. The van der Waals surface area contributed by atoms with Crippen molar-refractivity contribution in [2.24, 2.45) is 0 Å². The number of hydrogen-bond acceptors (Lipinski definition) is 4. The molecule has 0 aliphatic carbocycles. The largest absolute Gasteiger partial charge is 0.417 e. The van der Waals surface area contributed by atoms with E-state index >= 15 is 0 Å². The van der Waals surface area contributed by atoms with E-state index in [1.54, 1.807) is 18.2 Å². The molecule has 0 aliphatic heterocycles. The van der Waals surface area contributed by atoms with Gasteiger partial charge in [-0.2, -0.15) is 0 Å². The summed E-state index contributed by atoms with van der Waals surface area (Å²) in [4.78, 5) is 25.8. The molecule has 2 N–H and O–H groups in total. The monoisotopic (exact) mass is 374 g/mol. The number of Topliss-reactive ketones (excluding diaryl/α,β-unsaturated/α-hetero) is 1.